The van der Waals surface area contributed by atoms with E-state index in [9.17, 15) is 0 Å². The summed E-state index contributed by atoms with van der Waals surface area (Å²) in [7, 11) is 4.14. The molecule has 0 atom stereocenters. The lowest BCUT2D eigenvalue weighted by molar-refractivity contribution is 1.28. The standard InChI is InChI=1S/C12H11B2N/c15-9-12(13-10-5-1-2-6-10)14-11-7-3-4-8-11/h1-8,10-12H. The molecule has 70 valence electrons. The highest BCUT2D eigenvalue weighted by atomic mass is 14.2. The quantitative estimate of drug-likeness (QED) is 0.626. The van der Waals surface area contributed by atoms with Crippen LogP contribution in [0.3, 0.4) is 0 Å². The maximum atomic E-state index is 9.04. The third-order valence-corrected chi connectivity index (χ3v) is 2.56. The van der Waals surface area contributed by atoms with Crippen molar-refractivity contribution in [1.82, 2.24) is 0 Å². The second-order valence-electron chi connectivity index (χ2n) is 3.73. The Kier molecular flexibility index (Phi) is 3.29. The van der Waals surface area contributed by atoms with E-state index in [1.165, 1.54) is 0 Å². The monoisotopic (exact) mass is 191 g/mol. The lowest BCUT2D eigenvalue weighted by Gasteiger charge is -2.11. The van der Waals surface area contributed by atoms with Gasteiger partial charge in [0.15, 0.2) is 0 Å². The van der Waals surface area contributed by atoms with Crippen LogP contribution in [0.1, 0.15) is 0 Å². The predicted molar refractivity (Wildman–Crippen MR) is 64.9 cm³/mol. The van der Waals surface area contributed by atoms with Gasteiger partial charge in [0, 0.05) is 6.07 Å². The fourth-order valence-electron chi connectivity index (χ4n) is 1.78. The van der Waals surface area contributed by atoms with Crippen molar-refractivity contribution < 1.29 is 0 Å². The Morgan fingerprint density at radius 1 is 0.867 bits per heavy atom. The number of nitrogens with zero attached hydrogens (tertiary/aromatic N) is 1. The Hall–Kier alpha value is -1.42. The van der Waals surface area contributed by atoms with Crippen molar-refractivity contribution >= 4 is 14.6 Å². The molecule has 0 bridgehead atoms. The largest absolute Gasteiger partial charge is 0.200 e. The molecule has 0 aromatic heterocycles. The van der Waals surface area contributed by atoms with Gasteiger partial charge in [-0.25, -0.2) is 0 Å². The van der Waals surface area contributed by atoms with Crippen molar-refractivity contribution in [3.05, 3.63) is 48.6 Å². The second-order valence-corrected chi connectivity index (χ2v) is 3.73. The van der Waals surface area contributed by atoms with E-state index in [0.717, 1.165) is 0 Å². The molecule has 0 aliphatic heterocycles. The Balaban J connectivity index is 1.85. The number of nitriles is 1. The van der Waals surface area contributed by atoms with Crippen LogP contribution >= 0.6 is 0 Å². The molecule has 0 aromatic carbocycles. The lowest BCUT2D eigenvalue weighted by atomic mass is 9.38. The molecule has 0 fully saturated rings. The first-order valence-corrected chi connectivity index (χ1v) is 5.18. The van der Waals surface area contributed by atoms with Gasteiger partial charge in [0.1, 0.15) is 14.6 Å². The average molecular weight is 191 g/mol. The minimum Gasteiger partial charge on any atom is -0.200 e. The van der Waals surface area contributed by atoms with Gasteiger partial charge in [-0.3, -0.25) is 0 Å². The van der Waals surface area contributed by atoms with Crippen molar-refractivity contribution in [2.75, 3.05) is 0 Å². The molecule has 0 unspecified atom stereocenters. The normalized spacial score (nSPS) is 18.9. The molecule has 3 heteroatoms. The molecular weight excluding hydrogens is 180 g/mol. The summed E-state index contributed by atoms with van der Waals surface area (Å²) in [5, 5.41) is 9.04. The number of hydrogen-bond donors (Lipinski definition) is 0. The first-order valence-electron chi connectivity index (χ1n) is 5.18. The summed E-state index contributed by atoms with van der Waals surface area (Å²) in [5.41, 5.74) is -0.0835. The van der Waals surface area contributed by atoms with E-state index >= 15 is 0 Å². The molecular formula is C12H11B2N. The van der Waals surface area contributed by atoms with E-state index in [4.69, 9.17) is 5.26 Å². The summed E-state index contributed by atoms with van der Waals surface area (Å²) in [6.45, 7) is 0. The van der Waals surface area contributed by atoms with Crippen LogP contribution in [0.2, 0.25) is 17.4 Å². The van der Waals surface area contributed by atoms with Crippen LogP contribution in [-0.4, -0.2) is 14.6 Å². The summed E-state index contributed by atoms with van der Waals surface area (Å²) in [5.74, 6) is 0.639. The zero-order chi connectivity index (χ0) is 10.5. The highest BCUT2D eigenvalue weighted by Crippen LogP contribution is 2.24. The van der Waals surface area contributed by atoms with E-state index in [2.05, 4.69) is 44.9 Å². The Morgan fingerprint density at radius 2 is 1.27 bits per heavy atom. The van der Waals surface area contributed by atoms with Gasteiger partial charge in [0.05, 0.1) is 0 Å². The molecule has 0 saturated carbocycles. The van der Waals surface area contributed by atoms with Gasteiger partial charge in [0.2, 0.25) is 0 Å². The fraction of sp³-hybridized carbons (Fsp3) is 0.250. The van der Waals surface area contributed by atoms with Gasteiger partial charge in [0.25, 0.3) is 0 Å². The van der Waals surface area contributed by atoms with Gasteiger partial charge in [-0.2, -0.15) is 5.26 Å². The van der Waals surface area contributed by atoms with Gasteiger partial charge >= 0.3 is 0 Å². The van der Waals surface area contributed by atoms with Crippen molar-refractivity contribution in [3.8, 4) is 6.07 Å². The van der Waals surface area contributed by atoms with Crippen molar-refractivity contribution in [2.24, 2.45) is 0 Å². The zero-order valence-electron chi connectivity index (χ0n) is 8.45. The lowest BCUT2D eigenvalue weighted by Crippen LogP contribution is -2.15. The molecule has 0 saturated heterocycles. The summed E-state index contributed by atoms with van der Waals surface area (Å²) in [6.07, 6.45) is 16.5. The Bertz CT molecular complexity index is 320. The van der Waals surface area contributed by atoms with Crippen LogP contribution < -0.4 is 0 Å². The van der Waals surface area contributed by atoms with Crippen LogP contribution in [0.4, 0.5) is 0 Å². The molecule has 15 heavy (non-hydrogen) atoms. The molecule has 0 aromatic rings. The zero-order valence-corrected chi connectivity index (χ0v) is 8.45. The van der Waals surface area contributed by atoms with E-state index in [-0.39, 0.29) is 5.72 Å². The second kappa shape index (κ2) is 4.89. The highest BCUT2D eigenvalue weighted by molar-refractivity contribution is 6.63. The van der Waals surface area contributed by atoms with Crippen LogP contribution in [0, 0.1) is 11.3 Å². The summed E-state index contributed by atoms with van der Waals surface area (Å²) in [6, 6.07) is 2.31. The number of hydrogen-bond acceptors (Lipinski definition) is 1. The first kappa shape index (κ1) is 10.1. The topological polar surface area (TPSA) is 23.8 Å². The predicted octanol–water partition coefficient (Wildman–Crippen LogP) is 2.49. The average Bonchev–Trinajstić information content (AvgIpc) is 2.89. The van der Waals surface area contributed by atoms with Crippen LogP contribution in [0.25, 0.3) is 0 Å². The highest BCUT2D eigenvalue weighted by Gasteiger charge is 2.19. The molecule has 0 N–H and O–H groups in total. The molecule has 0 spiro atoms. The van der Waals surface area contributed by atoms with Gasteiger partial charge < -0.3 is 0 Å². The van der Waals surface area contributed by atoms with Gasteiger partial charge in [-0.15, -0.1) is 0 Å². The maximum Gasteiger partial charge on any atom is 0.136 e. The first-order chi connectivity index (χ1) is 7.38. The molecule has 0 heterocycles. The molecule has 2 aliphatic rings. The molecule has 1 nitrogen and oxygen atoms in total. The molecule has 2 aliphatic carbocycles. The van der Waals surface area contributed by atoms with Gasteiger partial charge in [-0.05, 0) is 17.4 Å². The van der Waals surface area contributed by atoms with Crippen molar-refractivity contribution in [3.63, 3.8) is 0 Å². The molecule has 2 rings (SSSR count). The molecule has 0 amide bonds. The van der Waals surface area contributed by atoms with E-state index in [1.807, 2.05) is 24.3 Å². The van der Waals surface area contributed by atoms with E-state index in [1.54, 1.807) is 0 Å². The summed E-state index contributed by atoms with van der Waals surface area (Å²) in [4.78, 5) is 0. The summed E-state index contributed by atoms with van der Waals surface area (Å²) < 4.78 is 0. The molecule has 2 radical (unpaired) electrons. The fourth-order valence-corrected chi connectivity index (χ4v) is 1.78. The van der Waals surface area contributed by atoms with Crippen LogP contribution in [0.15, 0.2) is 48.6 Å². The van der Waals surface area contributed by atoms with Crippen LogP contribution in [0.5, 0.6) is 0 Å². The van der Waals surface area contributed by atoms with E-state index in [0.29, 0.717) is 11.6 Å². The minimum absolute atomic E-state index is 0.0835. The van der Waals surface area contributed by atoms with E-state index < -0.39 is 0 Å². The number of allylic oxidation sites excluding steroid dienone is 8. The van der Waals surface area contributed by atoms with Crippen LogP contribution in [-0.2, 0) is 0 Å². The Morgan fingerprint density at radius 3 is 1.60 bits per heavy atom. The smallest absolute Gasteiger partial charge is 0.136 e. The van der Waals surface area contributed by atoms with Crippen molar-refractivity contribution in [2.45, 2.75) is 17.4 Å². The maximum absolute atomic E-state index is 9.04. The van der Waals surface area contributed by atoms with Crippen molar-refractivity contribution in [1.29, 1.82) is 5.26 Å². The number of rotatable bonds is 4. The minimum atomic E-state index is -0.0835. The third kappa shape index (κ3) is 2.76. The Labute approximate surface area is 92.4 Å². The third-order valence-electron chi connectivity index (χ3n) is 2.56. The summed E-state index contributed by atoms with van der Waals surface area (Å²) >= 11 is 0. The van der Waals surface area contributed by atoms with Gasteiger partial charge in [-0.1, -0.05) is 48.6 Å². The SMILES string of the molecule is N#CC([B]C1C=CC=C1)[B]C1C=CC=C1.